The minimum absolute atomic E-state index is 0.0382. The molecule has 0 bridgehead atoms. The van der Waals surface area contributed by atoms with Crippen molar-refractivity contribution in [1.82, 2.24) is 19.7 Å². The van der Waals surface area contributed by atoms with Gasteiger partial charge in [0.15, 0.2) is 0 Å². The number of hydrogen-bond acceptors (Lipinski definition) is 4. The number of aromatic nitrogens is 3. The van der Waals surface area contributed by atoms with Crippen LogP contribution in [-0.4, -0.2) is 32.6 Å². The van der Waals surface area contributed by atoms with Crippen LogP contribution in [0.2, 0.25) is 5.02 Å². The van der Waals surface area contributed by atoms with Crippen molar-refractivity contribution in [2.24, 2.45) is 0 Å². The van der Waals surface area contributed by atoms with Gasteiger partial charge in [-0.1, -0.05) is 41.9 Å². The van der Waals surface area contributed by atoms with Gasteiger partial charge >= 0.3 is 0 Å². The molecule has 0 saturated heterocycles. The average Bonchev–Trinajstić information content (AvgIpc) is 3.35. The molecule has 0 radical (unpaired) electrons. The summed E-state index contributed by atoms with van der Waals surface area (Å²) in [5.74, 6) is -0.343. The maximum absolute atomic E-state index is 13.5. The van der Waals surface area contributed by atoms with E-state index in [1.165, 1.54) is 23.5 Å². The van der Waals surface area contributed by atoms with Crippen LogP contribution in [0.4, 0.5) is 4.39 Å². The summed E-state index contributed by atoms with van der Waals surface area (Å²) in [7, 11) is 1.78. The van der Waals surface area contributed by atoms with Gasteiger partial charge in [-0.2, -0.15) is 5.10 Å². The summed E-state index contributed by atoms with van der Waals surface area (Å²) in [6.07, 6.45) is 0.189. The fourth-order valence-electron chi connectivity index (χ4n) is 3.66. The number of aryl methyl sites for hydroxylation is 1. The van der Waals surface area contributed by atoms with Crippen LogP contribution >= 0.6 is 22.9 Å². The van der Waals surface area contributed by atoms with Crippen LogP contribution in [0.25, 0.3) is 10.6 Å². The summed E-state index contributed by atoms with van der Waals surface area (Å²) >= 11 is 7.71. The van der Waals surface area contributed by atoms with Gasteiger partial charge in [-0.3, -0.25) is 9.48 Å². The van der Waals surface area contributed by atoms with Gasteiger partial charge < -0.3 is 4.90 Å². The molecule has 0 unspecified atom stereocenters. The monoisotopic (exact) mass is 482 g/mol. The zero-order chi connectivity index (χ0) is 23.5. The van der Waals surface area contributed by atoms with Gasteiger partial charge in [0.2, 0.25) is 5.91 Å². The molecule has 2 heterocycles. The highest BCUT2D eigenvalue weighted by Crippen LogP contribution is 2.25. The van der Waals surface area contributed by atoms with Crippen LogP contribution in [-0.2, 0) is 24.3 Å². The molecule has 4 aromatic rings. The summed E-state index contributed by atoms with van der Waals surface area (Å²) in [6, 6.07) is 14.0. The molecule has 0 spiro atoms. The predicted octanol–water partition coefficient (Wildman–Crippen LogP) is 5.67. The maximum Gasteiger partial charge on any atom is 0.228 e. The number of thiazole rings is 1. The molecule has 0 aliphatic carbocycles. The van der Waals surface area contributed by atoms with Gasteiger partial charge in [0.05, 0.1) is 24.4 Å². The second kappa shape index (κ2) is 9.85. The smallest absolute Gasteiger partial charge is 0.228 e. The van der Waals surface area contributed by atoms with E-state index in [2.05, 4.69) is 10.1 Å². The standard InChI is InChI=1S/C25H24ClFN4OS/c1-16-22(17(2)31(29-16)13-19-7-4-5-10-23(19)26)14-30(3)24(32)12-21-15-33-25(28-21)18-8-6-9-20(27)11-18/h4-11,15H,12-14H2,1-3H3. The molecule has 0 aliphatic rings. The van der Waals surface area contributed by atoms with Gasteiger partial charge in [-0.25, -0.2) is 9.37 Å². The fraction of sp³-hybridized carbons (Fsp3) is 0.240. The number of rotatable bonds is 7. The first-order valence-corrected chi connectivity index (χ1v) is 11.8. The molecule has 2 aromatic carbocycles. The van der Waals surface area contributed by atoms with Crippen molar-refractivity contribution < 1.29 is 9.18 Å². The Morgan fingerprint density at radius 1 is 1.18 bits per heavy atom. The lowest BCUT2D eigenvalue weighted by Gasteiger charge is -2.17. The first-order valence-electron chi connectivity index (χ1n) is 10.5. The van der Waals surface area contributed by atoms with Crippen molar-refractivity contribution >= 4 is 28.8 Å². The number of likely N-dealkylation sites (N-methyl/N-ethyl adjacent to an activating group) is 1. The number of hydrogen-bond donors (Lipinski definition) is 0. The van der Waals surface area contributed by atoms with E-state index in [-0.39, 0.29) is 18.1 Å². The van der Waals surface area contributed by atoms with E-state index in [0.29, 0.717) is 34.4 Å². The number of nitrogens with zero attached hydrogens (tertiary/aromatic N) is 4. The molecule has 0 fully saturated rings. The molecule has 8 heteroatoms. The molecule has 0 atom stereocenters. The predicted molar refractivity (Wildman–Crippen MR) is 130 cm³/mol. The van der Waals surface area contributed by atoms with Crippen LogP contribution in [0.3, 0.4) is 0 Å². The Labute approximate surface area is 201 Å². The number of carbonyl (C=O) groups is 1. The van der Waals surface area contributed by atoms with E-state index in [1.54, 1.807) is 18.0 Å². The third kappa shape index (κ3) is 5.31. The Balaban J connectivity index is 1.43. The molecular weight excluding hydrogens is 459 g/mol. The second-order valence-electron chi connectivity index (χ2n) is 7.98. The van der Waals surface area contributed by atoms with Crippen LogP contribution in [0.5, 0.6) is 0 Å². The third-order valence-corrected chi connectivity index (χ3v) is 6.89. The molecule has 0 saturated carbocycles. The first kappa shape index (κ1) is 23.1. The second-order valence-corrected chi connectivity index (χ2v) is 9.24. The van der Waals surface area contributed by atoms with Crippen LogP contribution < -0.4 is 0 Å². The SMILES string of the molecule is Cc1nn(Cc2ccccc2Cl)c(C)c1CN(C)C(=O)Cc1csc(-c2cccc(F)c2)n1. The van der Waals surface area contributed by atoms with Gasteiger partial charge in [0.25, 0.3) is 0 Å². The highest BCUT2D eigenvalue weighted by atomic mass is 35.5. The van der Waals surface area contributed by atoms with Gasteiger partial charge in [0.1, 0.15) is 10.8 Å². The number of carbonyl (C=O) groups excluding carboxylic acids is 1. The normalized spacial score (nSPS) is 11.1. The number of benzene rings is 2. The van der Waals surface area contributed by atoms with Gasteiger partial charge in [0, 0.05) is 40.8 Å². The largest absolute Gasteiger partial charge is 0.341 e. The van der Waals surface area contributed by atoms with E-state index in [0.717, 1.165) is 22.5 Å². The average molecular weight is 483 g/mol. The van der Waals surface area contributed by atoms with Crippen LogP contribution in [0.1, 0.15) is 28.2 Å². The van der Waals surface area contributed by atoms with E-state index in [4.69, 9.17) is 11.6 Å². The maximum atomic E-state index is 13.5. The van der Waals surface area contributed by atoms with Crippen molar-refractivity contribution in [1.29, 1.82) is 0 Å². The molecule has 2 aromatic heterocycles. The molecule has 0 N–H and O–H groups in total. The Morgan fingerprint density at radius 3 is 2.73 bits per heavy atom. The zero-order valence-corrected chi connectivity index (χ0v) is 20.3. The molecule has 4 rings (SSSR count). The summed E-state index contributed by atoms with van der Waals surface area (Å²) in [6.45, 7) is 5.00. The first-order chi connectivity index (χ1) is 15.8. The van der Waals surface area contributed by atoms with Gasteiger partial charge in [-0.15, -0.1) is 11.3 Å². The lowest BCUT2D eigenvalue weighted by atomic mass is 10.1. The van der Waals surface area contributed by atoms with Gasteiger partial charge in [-0.05, 0) is 37.6 Å². The van der Waals surface area contributed by atoms with Crippen molar-refractivity contribution in [3.8, 4) is 10.6 Å². The third-order valence-electron chi connectivity index (χ3n) is 5.59. The topological polar surface area (TPSA) is 51.0 Å². The van der Waals surface area contributed by atoms with Crippen LogP contribution in [0, 0.1) is 19.7 Å². The molecule has 0 aliphatic heterocycles. The van der Waals surface area contributed by atoms with Crippen LogP contribution in [0.15, 0.2) is 53.9 Å². The Morgan fingerprint density at radius 2 is 1.97 bits per heavy atom. The quantitative estimate of drug-likeness (QED) is 0.341. The highest BCUT2D eigenvalue weighted by Gasteiger charge is 2.18. The van der Waals surface area contributed by atoms with Crippen molar-refractivity contribution in [3.05, 3.63) is 93.0 Å². The summed E-state index contributed by atoms with van der Waals surface area (Å²) in [5.41, 5.74) is 5.31. The minimum atomic E-state index is -0.305. The lowest BCUT2D eigenvalue weighted by Crippen LogP contribution is -2.28. The Kier molecular flexibility index (Phi) is 6.91. The summed E-state index contributed by atoms with van der Waals surface area (Å²) in [4.78, 5) is 19.1. The highest BCUT2D eigenvalue weighted by molar-refractivity contribution is 7.13. The summed E-state index contributed by atoms with van der Waals surface area (Å²) in [5, 5.41) is 7.93. The molecule has 170 valence electrons. The number of halogens is 2. The molecule has 5 nitrogen and oxygen atoms in total. The van der Waals surface area contributed by atoms with Crippen molar-refractivity contribution in [2.45, 2.75) is 33.4 Å². The number of amides is 1. The Hall–Kier alpha value is -3.03. The van der Waals surface area contributed by atoms with Crippen molar-refractivity contribution in [2.75, 3.05) is 7.05 Å². The minimum Gasteiger partial charge on any atom is -0.341 e. The molecular formula is C25H24ClFN4OS. The molecule has 1 amide bonds. The van der Waals surface area contributed by atoms with E-state index < -0.39 is 0 Å². The van der Waals surface area contributed by atoms with E-state index in [9.17, 15) is 9.18 Å². The van der Waals surface area contributed by atoms with E-state index in [1.807, 2.05) is 54.2 Å². The molecule has 33 heavy (non-hydrogen) atoms. The zero-order valence-electron chi connectivity index (χ0n) is 18.7. The Bertz CT molecular complexity index is 1300. The summed E-state index contributed by atoms with van der Waals surface area (Å²) < 4.78 is 15.4. The van der Waals surface area contributed by atoms with Crippen molar-refractivity contribution in [3.63, 3.8) is 0 Å². The lowest BCUT2D eigenvalue weighted by molar-refractivity contribution is -0.129. The van der Waals surface area contributed by atoms with E-state index >= 15 is 0 Å². The fourth-order valence-corrected chi connectivity index (χ4v) is 4.67.